The van der Waals surface area contributed by atoms with E-state index in [1.807, 2.05) is 19.0 Å². The number of aliphatic hydroxyl groups is 1. The van der Waals surface area contributed by atoms with Gasteiger partial charge in [0.25, 0.3) is 5.56 Å². The van der Waals surface area contributed by atoms with E-state index in [4.69, 9.17) is 5.11 Å². The van der Waals surface area contributed by atoms with Gasteiger partial charge in [-0.05, 0) is 19.3 Å². The molecule has 0 fully saturated rings. The molecule has 1 N–H and O–H groups in total. The Kier molecular flexibility index (Phi) is 4.98. The summed E-state index contributed by atoms with van der Waals surface area (Å²) in [6.07, 6.45) is 4.26. The highest BCUT2D eigenvalue weighted by atomic mass is 16.2. The SMILES string of the molecule is CN(C)c1cnn(CCCCCO)c(=O)c1. The Morgan fingerprint density at radius 2 is 2.12 bits per heavy atom. The Hall–Kier alpha value is -1.36. The Balaban J connectivity index is 2.58. The molecular formula is C11H19N3O2. The summed E-state index contributed by atoms with van der Waals surface area (Å²) < 4.78 is 1.46. The van der Waals surface area contributed by atoms with Crippen LogP contribution in [0.15, 0.2) is 17.1 Å². The molecule has 0 spiro atoms. The van der Waals surface area contributed by atoms with Gasteiger partial charge in [-0.3, -0.25) is 4.79 Å². The maximum Gasteiger partial charge on any atom is 0.268 e. The lowest BCUT2D eigenvalue weighted by molar-refractivity contribution is 0.281. The maximum atomic E-state index is 11.6. The quantitative estimate of drug-likeness (QED) is 0.715. The molecule has 0 atom stereocenters. The molecular weight excluding hydrogens is 206 g/mol. The van der Waals surface area contributed by atoms with Gasteiger partial charge in [-0.25, -0.2) is 4.68 Å². The number of aromatic nitrogens is 2. The topological polar surface area (TPSA) is 58.4 Å². The zero-order valence-corrected chi connectivity index (χ0v) is 9.89. The van der Waals surface area contributed by atoms with Crippen LogP contribution in [0.1, 0.15) is 19.3 Å². The van der Waals surface area contributed by atoms with Crippen molar-refractivity contribution in [2.75, 3.05) is 25.6 Å². The Labute approximate surface area is 95.3 Å². The molecule has 0 aliphatic heterocycles. The fraction of sp³-hybridized carbons (Fsp3) is 0.636. The molecule has 1 rings (SSSR count). The summed E-state index contributed by atoms with van der Waals surface area (Å²) in [7, 11) is 3.75. The first kappa shape index (κ1) is 12.7. The lowest BCUT2D eigenvalue weighted by Gasteiger charge is -2.12. The number of aryl methyl sites for hydroxylation is 1. The predicted molar refractivity (Wildman–Crippen MR) is 63.8 cm³/mol. The third-order valence-corrected chi connectivity index (χ3v) is 2.40. The normalized spacial score (nSPS) is 10.4. The van der Waals surface area contributed by atoms with Crippen LogP contribution in [0, 0.1) is 0 Å². The monoisotopic (exact) mass is 225 g/mol. The van der Waals surface area contributed by atoms with Crippen molar-refractivity contribution in [1.29, 1.82) is 0 Å². The summed E-state index contributed by atoms with van der Waals surface area (Å²) in [5.74, 6) is 0. The highest BCUT2D eigenvalue weighted by Crippen LogP contribution is 2.04. The highest BCUT2D eigenvalue weighted by molar-refractivity contribution is 5.40. The molecule has 0 aliphatic carbocycles. The molecule has 1 aromatic heterocycles. The first-order chi connectivity index (χ1) is 7.65. The minimum atomic E-state index is -0.0739. The van der Waals surface area contributed by atoms with Crippen LogP contribution in [0.4, 0.5) is 5.69 Å². The molecule has 0 saturated carbocycles. The van der Waals surface area contributed by atoms with Gasteiger partial charge < -0.3 is 10.0 Å². The molecule has 0 aliphatic rings. The summed E-state index contributed by atoms with van der Waals surface area (Å²) >= 11 is 0. The molecule has 1 aromatic rings. The molecule has 0 radical (unpaired) electrons. The van der Waals surface area contributed by atoms with Gasteiger partial charge in [0, 0.05) is 33.3 Å². The molecule has 90 valence electrons. The summed E-state index contributed by atoms with van der Waals surface area (Å²) in [4.78, 5) is 13.5. The first-order valence-corrected chi connectivity index (χ1v) is 5.50. The molecule has 0 unspecified atom stereocenters. The molecule has 5 nitrogen and oxygen atoms in total. The molecule has 0 aromatic carbocycles. The third-order valence-electron chi connectivity index (χ3n) is 2.40. The van der Waals surface area contributed by atoms with Gasteiger partial charge in [-0.1, -0.05) is 0 Å². The number of rotatable bonds is 6. The van der Waals surface area contributed by atoms with Crippen LogP contribution in [0.3, 0.4) is 0 Å². The van der Waals surface area contributed by atoms with Crippen molar-refractivity contribution in [1.82, 2.24) is 9.78 Å². The molecule has 1 heterocycles. The summed E-state index contributed by atoms with van der Waals surface area (Å²) in [6, 6.07) is 1.58. The second-order valence-electron chi connectivity index (χ2n) is 3.95. The number of anilines is 1. The van der Waals surface area contributed by atoms with Gasteiger partial charge in [-0.15, -0.1) is 0 Å². The van der Waals surface area contributed by atoms with Crippen molar-refractivity contribution in [3.05, 3.63) is 22.6 Å². The number of nitrogens with zero attached hydrogens (tertiary/aromatic N) is 3. The van der Waals surface area contributed by atoms with E-state index < -0.39 is 0 Å². The van der Waals surface area contributed by atoms with Crippen molar-refractivity contribution < 1.29 is 5.11 Å². The lowest BCUT2D eigenvalue weighted by atomic mass is 10.2. The Bertz CT molecular complexity index is 374. The first-order valence-electron chi connectivity index (χ1n) is 5.50. The largest absolute Gasteiger partial charge is 0.396 e. The minimum absolute atomic E-state index is 0.0739. The van der Waals surface area contributed by atoms with E-state index in [0.29, 0.717) is 6.54 Å². The fourth-order valence-electron chi connectivity index (χ4n) is 1.39. The van der Waals surface area contributed by atoms with Crippen LogP contribution < -0.4 is 10.5 Å². The van der Waals surface area contributed by atoms with Crippen LogP contribution >= 0.6 is 0 Å². The van der Waals surface area contributed by atoms with E-state index in [0.717, 1.165) is 24.9 Å². The van der Waals surface area contributed by atoms with Gasteiger partial charge in [0.2, 0.25) is 0 Å². The smallest absolute Gasteiger partial charge is 0.268 e. The molecule has 0 saturated heterocycles. The number of hydrogen-bond donors (Lipinski definition) is 1. The lowest BCUT2D eigenvalue weighted by Crippen LogP contribution is -2.24. The van der Waals surface area contributed by atoms with E-state index in [2.05, 4.69) is 5.10 Å². The van der Waals surface area contributed by atoms with Crippen molar-refractivity contribution in [2.45, 2.75) is 25.8 Å². The van der Waals surface area contributed by atoms with Crippen LogP contribution in [-0.2, 0) is 6.54 Å². The Morgan fingerprint density at radius 1 is 1.38 bits per heavy atom. The summed E-state index contributed by atoms with van der Waals surface area (Å²) in [5.41, 5.74) is 0.742. The van der Waals surface area contributed by atoms with E-state index >= 15 is 0 Å². The molecule has 5 heteroatoms. The average molecular weight is 225 g/mol. The van der Waals surface area contributed by atoms with Crippen molar-refractivity contribution >= 4 is 5.69 Å². The van der Waals surface area contributed by atoms with Crippen molar-refractivity contribution in [3.8, 4) is 0 Å². The maximum absolute atomic E-state index is 11.6. The van der Waals surface area contributed by atoms with E-state index in [-0.39, 0.29) is 12.2 Å². The van der Waals surface area contributed by atoms with Gasteiger partial charge in [-0.2, -0.15) is 5.10 Å². The second kappa shape index (κ2) is 6.27. The standard InChI is InChI=1S/C11H19N3O2/c1-13(2)10-8-11(16)14(12-9-10)6-4-3-5-7-15/h8-9,15H,3-7H2,1-2H3. The van der Waals surface area contributed by atoms with Gasteiger partial charge in [0.05, 0.1) is 11.9 Å². The van der Waals surface area contributed by atoms with Crippen LogP contribution in [0.2, 0.25) is 0 Å². The van der Waals surface area contributed by atoms with E-state index in [1.165, 1.54) is 4.68 Å². The molecule has 0 bridgehead atoms. The summed E-state index contributed by atoms with van der Waals surface area (Å²) in [5, 5.41) is 12.7. The molecule has 0 amide bonds. The highest BCUT2D eigenvalue weighted by Gasteiger charge is 2.01. The number of unbranched alkanes of at least 4 members (excludes halogenated alkanes) is 2. The number of aliphatic hydroxyl groups excluding tert-OH is 1. The van der Waals surface area contributed by atoms with Gasteiger partial charge >= 0.3 is 0 Å². The average Bonchev–Trinajstić information content (AvgIpc) is 2.26. The number of hydrogen-bond acceptors (Lipinski definition) is 4. The van der Waals surface area contributed by atoms with Gasteiger partial charge in [0.15, 0.2) is 0 Å². The zero-order chi connectivity index (χ0) is 12.0. The van der Waals surface area contributed by atoms with E-state index in [9.17, 15) is 4.79 Å². The van der Waals surface area contributed by atoms with Crippen LogP contribution in [-0.4, -0.2) is 35.6 Å². The van der Waals surface area contributed by atoms with E-state index in [1.54, 1.807) is 12.3 Å². The third kappa shape index (κ3) is 3.66. The van der Waals surface area contributed by atoms with Crippen molar-refractivity contribution in [2.24, 2.45) is 0 Å². The minimum Gasteiger partial charge on any atom is -0.396 e. The van der Waals surface area contributed by atoms with Crippen LogP contribution in [0.5, 0.6) is 0 Å². The Morgan fingerprint density at radius 3 is 2.69 bits per heavy atom. The van der Waals surface area contributed by atoms with Crippen LogP contribution in [0.25, 0.3) is 0 Å². The van der Waals surface area contributed by atoms with Gasteiger partial charge in [0.1, 0.15) is 0 Å². The van der Waals surface area contributed by atoms with Crippen molar-refractivity contribution in [3.63, 3.8) is 0 Å². The fourth-order valence-corrected chi connectivity index (χ4v) is 1.39. The second-order valence-corrected chi connectivity index (χ2v) is 3.95. The summed E-state index contributed by atoms with van der Waals surface area (Å²) in [6.45, 7) is 0.828. The molecule has 16 heavy (non-hydrogen) atoms. The predicted octanol–water partition coefficient (Wildman–Crippen LogP) is 0.472. The zero-order valence-electron chi connectivity index (χ0n) is 9.89.